The Morgan fingerprint density at radius 3 is 2.78 bits per heavy atom. The molecule has 0 bridgehead atoms. The van der Waals surface area contributed by atoms with Crippen LogP contribution in [0.5, 0.6) is 0 Å². The predicted octanol–water partition coefficient (Wildman–Crippen LogP) is 3.20. The van der Waals surface area contributed by atoms with E-state index in [1.807, 2.05) is 21.4 Å². The molecule has 172 valence electrons. The highest BCUT2D eigenvalue weighted by Gasteiger charge is 2.27. The zero-order valence-corrected chi connectivity index (χ0v) is 19.7. The van der Waals surface area contributed by atoms with E-state index in [0.717, 1.165) is 17.5 Å². The largest absolute Gasteiger partial charge is 0.457 e. The molecule has 1 saturated heterocycles. The summed E-state index contributed by atoms with van der Waals surface area (Å²) < 4.78 is 40.2. The molecular weight excluding hydrogens is 450 g/mol. The number of carbonyl (C=O) groups excluding carboxylic acids is 1. The summed E-state index contributed by atoms with van der Waals surface area (Å²) in [7, 11) is -3.60. The smallest absolute Gasteiger partial charge is 0.306 e. The highest BCUT2D eigenvalue weighted by atomic mass is 32.2. The zero-order chi connectivity index (χ0) is 22.6. The number of benzene rings is 1. The number of hydrogen-bond acceptors (Lipinski definition) is 7. The number of esters is 1. The molecule has 0 N–H and O–H groups in total. The Bertz CT molecular complexity index is 1170. The minimum atomic E-state index is -3.60. The van der Waals surface area contributed by atoms with Crippen LogP contribution in [0, 0.1) is 0 Å². The molecule has 0 amide bonds. The molecule has 1 aromatic carbocycles. The highest BCUT2D eigenvalue weighted by Crippen LogP contribution is 2.24. The first-order valence-corrected chi connectivity index (χ1v) is 13.1. The maximum absolute atomic E-state index is 13.0. The minimum absolute atomic E-state index is 0.0582. The second-order valence-corrected chi connectivity index (χ2v) is 10.4. The van der Waals surface area contributed by atoms with Crippen molar-refractivity contribution in [3.63, 3.8) is 0 Å². The van der Waals surface area contributed by atoms with Gasteiger partial charge >= 0.3 is 5.97 Å². The first kappa shape index (κ1) is 22.9. The van der Waals surface area contributed by atoms with Crippen LogP contribution in [-0.2, 0) is 43.9 Å². The number of thiophene rings is 1. The van der Waals surface area contributed by atoms with Gasteiger partial charge in [-0.15, -0.1) is 0 Å². The Kier molecular flexibility index (Phi) is 7.24. The standard InChI is InChI=1S/C22H27N3O5S2/c1-2-8-25-20-5-4-18(32(27,28)24-9-11-29-12-10-24)14-19(20)23-21(25)15-30-22(26)6-3-17-7-13-31-16-17/h4-5,7,13-14,16H,2-3,6,8-12,15H2,1H3. The summed E-state index contributed by atoms with van der Waals surface area (Å²) in [6.07, 6.45) is 1.83. The van der Waals surface area contributed by atoms with Crippen molar-refractivity contribution in [2.75, 3.05) is 26.3 Å². The van der Waals surface area contributed by atoms with Crippen molar-refractivity contribution in [3.05, 3.63) is 46.4 Å². The molecular formula is C22H27N3O5S2. The van der Waals surface area contributed by atoms with Gasteiger partial charge in [-0.25, -0.2) is 13.4 Å². The molecule has 4 rings (SSSR count). The number of fused-ring (bicyclic) bond motifs is 1. The molecule has 0 unspecified atom stereocenters. The van der Waals surface area contributed by atoms with Gasteiger partial charge in [-0.05, 0) is 53.4 Å². The van der Waals surface area contributed by atoms with Gasteiger partial charge in [0.1, 0.15) is 12.4 Å². The topological polar surface area (TPSA) is 90.7 Å². The highest BCUT2D eigenvalue weighted by molar-refractivity contribution is 7.89. The van der Waals surface area contributed by atoms with Crippen LogP contribution in [0.2, 0.25) is 0 Å². The number of morpholine rings is 1. The zero-order valence-electron chi connectivity index (χ0n) is 18.0. The molecule has 3 heterocycles. The Balaban J connectivity index is 1.52. The third kappa shape index (κ3) is 5.03. The number of rotatable bonds is 9. The fourth-order valence-electron chi connectivity index (χ4n) is 3.74. The van der Waals surface area contributed by atoms with Gasteiger partial charge in [-0.2, -0.15) is 15.6 Å². The average Bonchev–Trinajstić information content (AvgIpc) is 3.45. The molecule has 1 fully saturated rings. The molecule has 32 heavy (non-hydrogen) atoms. The molecule has 0 spiro atoms. The van der Waals surface area contributed by atoms with Crippen LogP contribution in [0.15, 0.2) is 39.9 Å². The van der Waals surface area contributed by atoms with Gasteiger partial charge in [0.25, 0.3) is 0 Å². The second-order valence-electron chi connectivity index (χ2n) is 7.64. The van der Waals surface area contributed by atoms with Crippen LogP contribution in [-0.4, -0.2) is 54.5 Å². The molecule has 8 nitrogen and oxygen atoms in total. The van der Waals surface area contributed by atoms with E-state index in [1.54, 1.807) is 29.5 Å². The van der Waals surface area contributed by atoms with Gasteiger partial charge in [-0.1, -0.05) is 6.92 Å². The van der Waals surface area contributed by atoms with Crippen LogP contribution in [0.1, 0.15) is 31.2 Å². The summed E-state index contributed by atoms with van der Waals surface area (Å²) in [6.45, 7) is 4.30. The Labute approximate surface area is 191 Å². The Morgan fingerprint density at radius 1 is 1.25 bits per heavy atom. The molecule has 0 aliphatic carbocycles. The van der Waals surface area contributed by atoms with Gasteiger partial charge in [0.15, 0.2) is 0 Å². The average molecular weight is 478 g/mol. The van der Waals surface area contributed by atoms with Crippen LogP contribution in [0.25, 0.3) is 11.0 Å². The van der Waals surface area contributed by atoms with E-state index in [4.69, 9.17) is 9.47 Å². The quantitative estimate of drug-likeness (QED) is 0.440. The number of nitrogens with zero attached hydrogens (tertiary/aromatic N) is 3. The lowest BCUT2D eigenvalue weighted by molar-refractivity contribution is -0.145. The third-order valence-electron chi connectivity index (χ3n) is 5.41. The maximum atomic E-state index is 13.0. The van der Waals surface area contributed by atoms with E-state index in [-0.39, 0.29) is 17.5 Å². The maximum Gasteiger partial charge on any atom is 0.306 e. The first-order chi connectivity index (χ1) is 15.5. The summed E-state index contributed by atoms with van der Waals surface area (Å²) in [5, 5.41) is 4.01. The number of aromatic nitrogens is 2. The van der Waals surface area contributed by atoms with Gasteiger partial charge in [0, 0.05) is 26.1 Å². The molecule has 2 aromatic heterocycles. The molecule has 1 aliphatic heterocycles. The van der Waals surface area contributed by atoms with Crippen LogP contribution in [0.3, 0.4) is 0 Å². The van der Waals surface area contributed by atoms with Gasteiger partial charge in [-0.3, -0.25) is 4.79 Å². The fraction of sp³-hybridized carbons (Fsp3) is 0.455. The number of hydrogen-bond donors (Lipinski definition) is 0. The summed E-state index contributed by atoms with van der Waals surface area (Å²) in [6, 6.07) is 7.01. The van der Waals surface area contributed by atoms with Crippen LogP contribution in [0.4, 0.5) is 0 Å². The summed E-state index contributed by atoms with van der Waals surface area (Å²) in [5.74, 6) is 0.341. The van der Waals surface area contributed by atoms with Crippen LogP contribution < -0.4 is 0 Å². The lowest BCUT2D eigenvalue weighted by atomic mass is 10.2. The predicted molar refractivity (Wildman–Crippen MR) is 122 cm³/mol. The second kappa shape index (κ2) is 10.1. The van der Waals surface area contributed by atoms with Gasteiger partial charge in [0.05, 0.1) is 29.1 Å². The van der Waals surface area contributed by atoms with Crippen LogP contribution >= 0.6 is 11.3 Å². The van der Waals surface area contributed by atoms with E-state index < -0.39 is 10.0 Å². The van der Waals surface area contributed by atoms with Crippen molar-refractivity contribution in [1.29, 1.82) is 0 Å². The molecule has 1 aliphatic rings. The van der Waals surface area contributed by atoms with Crippen molar-refractivity contribution < 1.29 is 22.7 Å². The first-order valence-electron chi connectivity index (χ1n) is 10.7. The molecule has 0 saturated carbocycles. The fourth-order valence-corrected chi connectivity index (χ4v) is 5.87. The van der Waals surface area contributed by atoms with Crippen molar-refractivity contribution in [2.24, 2.45) is 0 Å². The Morgan fingerprint density at radius 2 is 2.06 bits per heavy atom. The van der Waals surface area contributed by atoms with Crippen molar-refractivity contribution in [3.8, 4) is 0 Å². The number of sulfonamides is 1. The number of imidazole rings is 1. The van der Waals surface area contributed by atoms with Crippen molar-refractivity contribution >= 4 is 38.4 Å². The molecule has 0 atom stereocenters. The van der Waals surface area contributed by atoms with E-state index >= 15 is 0 Å². The summed E-state index contributed by atoms with van der Waals surface area (Å²) in [5.41, 5.74) is 2.54. The van der Waals surface area contributed by atoms with Gasteiger partial charge in [0.2, 0.25) is 10.0 Å². The monoisotopic (exact) mass is 477 g/mol. The van der Waals surface area contributed by atoms with Crippen molar-refractivity contribution in [2.45, 2.75) is 44.2 Å². The van der Waals surface area contributed by atoms with E-state index in [1.165, 1.54) is 4.31 Å². The minimum Gasteiger partial charge on any atom is -0.457 e. The lowest BCUT2D eigenvalue weighted by Crippen LogP contribution is -2.40. The SMILES string of the molecule is CCCn1c(COC(=O)CCc2ccsc2)nc2cc(S(=O)(=O)N3CCOCC3)ccc21. The molecule has 3 aromatic rings. The number of ether oxygens (including phenoxy) is 2. The molecule has 10 heteroatoms. The van der Waals surface area contributed by atoms with E-state index in [0.29, 0.717) is 57.0 Å². The lowest BCUT2D eigenvalue weighted by Gasteiger charge is -2.26. The number of carbonyl (C=O) groups is 1. The van der Waals surface area contributed by atoms with Gasteiger partial charge < -0.3 is 14.0 Å². The van der Waals surface area contributed by atoms with E-state index in [2.05, 4.69) is 11.9 Å². The third-order valence-corrected chi connectivity index (χ3v) is 8.04. The number of aryl methyl sites for hydroxylation is 2. The molecule has 0 radical (unpaired) electrons. The summed E-state index contributed by atoms with van der Waals surface area (Å²) in [4.78, 5) is 17.0. The Hall–Kier alpha value is -2.27. The van der Waals surface area contributed by atoms with E-state index in [9.17, 15) is 13.2 Å². The normalized spacial score (nSPS) is 15.3. The van der Waals surface area contributed by atoms with Crippen molar-refractivity contribution in [1.82, 2.24) is 13.9 Å². The summed E-state index contributed by atoms with van der Waals surface area (Å²) >= 11 is 1.61.